The number of aryl methyl sites for hydroxylation is 1. The minimum Gasteiger partial charge on any atom is -0.355 e. The molecule has 33 heavy (non-hydrogen) atoms. The van der Waals surface area contributed by atoms with Crippen molar-refractivity contribution in [3.05, 3.63) is 127 Å². The minimum atomic E-state index is -1.93. The van der Waals surface area contributed by atoms with Gasteiger partial charge in [0, 0.05) is 17.3 Å². The lowest BCUT2D eigenvalue weighted by Gasteiger charge is -2.27. The molecule has 4 aromatic carbocycles. The molecule has 0 radical (unpaired) electrons. The summed E-state index contributed by atoms with van der Waals surface area (Å²) in [7, 11) is -1.93. The third-order valence-corrected chi connectivity index (χ3v) is 10.6. The zero-order valence-corrected chi connectivity index (χ0v) is 19.4. The van der Waals surface area contributed by atoms with Crippen LogP contribution in [0.2, 0.25) is 0 Å². The van der Waals surface area contributed by atoms with Crippen molar-refractivity contribution in [3.63, 3.8) is 0 Å². The van der Waals surface area contributed by atoms with E-state index in [0.717, 1.165) is 18.1 Å². The number of fused-ring (bicyclic) bond motifs is 1. The van der Waals surface area contributed by atoms with Crippen LogP contribution in [0.3, 0.4) is 0 Å². The van der Waals surface area contributed by atoms with Crippen LogP contribution in [0.1, 0.15) is 17.7 Å². The Morgan fingerprint density at radius 2 is 1.21 bits per heavy atom. The first kappa shape index (κ1) is 21.2. The van der Waals surface area contributed by atoms with Crippen LogP contribution in [-0.4, -0.2) is 4.98 Å². The highest BCUT2D eigenvalue weighted by atomic mass is 31.2. The molecule has 0 aliphatic carbocycles. The maximum Gasteiger partial charge on any atom is 0.118 e. The zero-order chi connectivity index (χ0) is 22.5. The first-order chi connectivity index (χ1) is 16.3. The molecule has 2 nitrogen and oxygen atoms in total. The number of nitrogens with one attached hydrogen (secondary N) is 1. The van der Waals surface area contributed by atoms with Gasteiger partial charge in [0.25, 0.3) is 0 Å². The lowest BCUT2D eigenvalue weighted by molar-refractivity contribution is 1.01. The van der Waals surface area contributed by atoms with Crippen molar-refractivity contribution in [3.8, 4) is 6.07 Å². The number of aromatic amines is 1. The van der Waals surface area contributed by atoms with Crippen LogP contribution in [-0.2, 0) is 12.6 Å². The number of benzene rings is 4. The van der Waals surface area contributed by atoms with Crippen LogP contribution in [0.5, 0.6) is 0 Å². The van der Waals surface area contributed by atoms with Gasteiger partial charge in [-0.1, -0.05) is 60.7 Å². The average Bonchev–Trinajstić information content (AvgIpc) is 3.29. The number of hydrogen-bond donors (Lipinski definition) is 1. The van der Waals surface area contributed by atoms with Gasteiger partial charge in [-0.15, -0.1) is 0 Å². The molecule has 0 fully saturated rings. The summed E-state index contributed by atoms with van der Waals surface area (Å²) in [5.41, 5.74) is 3.61. The fourth-order valence-corrected chi connectivity index (χ4v) is 8.87. The quantitative estimate of drug-likeness (QED) is 0.301. The Bertz CT molecular complexity index is 1290. The molecule has 0 atom stereocenters. The number of H-pyrrole nitrogens is 1. The molecule has 3 heteroatoms. The second-order valence-corrected chi connectivity index (χ2v) is 11.8. The van der Waals surface area contributed by atoms with E-state index in [1.165, 1.54) is 32.6 Å². The lowest BCUT2D eigenvalue weighted by atomic mass is 10.1. The lowest BCUT2D eigenvalue weighted by Crippen LogP contribution is -2.32. The molecule has 0 amide bonds. The van der Waals surface area contributed by atoms with E-state index in [1.54, 1.807) is 0 Å². The summed E-state index contributed by atoms with van der Waals surface area (Å²) in [6.07, 6.45) is 2.27. The maximum absolute atomic E-state index is 8.94. The van der Waals surface area contributed by atoms with E-state index in [1.807, 2.05) is 0 Å². The predicted molar refractivity (Wildman–Crippen MR) is 141 cm³/mol. The van der Waals surface area contributed by atoms with Gasteiger partial charge in [-0.2, -0.15) is 5.26 Å². The smallest absolute Gasteiger partial charge is 0.118 e. The number of hydrogen-bond acceptors (Lipinski definition) is 1. The Morgan fingerprint density at radius 1 is 0.667 bits per heavy atom. The molecule has 1 heterocycles. The van der Waals surface area contributed by atoms with Gasteiger partial charge in [-0.25, -0.2) is 0 Å². The Balaban J connectivity index is 1.67. The maximum atomic E-state index is 8.94. The van der Waals surface area contributed by atoms with Gasteiger partial charge in [-0.05, 0) is 66.6 Å². The van der Waals surface area contributed by atoms with Crippen molar-refractivity contribution in [2.24, 2.45) is 0 Å². The zero-order valence-electron chi connectivity index (χ0n) is 18.5. The summed E-state index contributed by atoms with van der Waals surface area (Å²) in [4.78, 5) is 3.71. The van der Waals surface area contributed by atoms with Gasteiger partial charge in [-0.3, -0.25) is 0 Å². The monoisotopic (exact) mass is 445 g/mol. The fraction of sp³-hybridized carbons (Fsp3) is 0.100. The Hall–Kier alpha value is -3.66. The molecule has 0 aliphatic heterocycles. The van der Waals surface area contributed by atoms with Gasteiger partial charge in [0.2, 0.25) is 0 Å². The topological polar surface area (TPSA) is 39.6 Å². The third-order valence-electron chi connectivity index (χ3n) is 6.26. The molecular weight excluding hydrogens is 419 g/mol. The van der Waals surface area contributed by atoms with Gasteiger partial charge in [0.1, 0.15) is 29.3 Å². The van der Waals surface area contributed by atoms with Crippen LogP contribution >= 0.6 is 7.26 Å². The Labute approximate surface area is 195 Å². The van der Waals surface area contributed by atoms with Gasteiger partial charge >= 0.3 is 0 Å². The molecule has 0 unspecified atom stereocenters. The molecule has 0 saturated heterocycles. The van der Waals surface area contributed by atoms with Gasteiger partial charge in [0.15, 0.2) is 0 Å². The SMILES string of the molecule is N#CCCc1ccc2[nH]c(C[P+](c3ccccc3)(c3ccccc3)c3ccccc3)cc2c1. The number of rotatable bonds is 7. The molecule has 0 saturated carbocycles. The molecule has 5 aromatic rings. The van der Waals surface area contributed by atoms with E-state index in [0.29, 0.717) is 6.42 Å². The summed E-state index contributed by atoms with van der Waals surface area (Å²) >= 11 is 0. The van der Waals surface area contributed by atoms with Crippen LogP contribution in [0, 0.1) is 11.3 Å². The molecule has 0 spiro atoms. The van der Waals surface area contributed by atoms with Crippen LogP contribution < -0.4 is 15.9 Å². The van der Waals surface area contributed by atoms with E-state index in [9.17, 15) is 0 Å². The Kier molecular flexibility index (Phi) is 6.07. The number of nitriles is 1. The van der Waals surface area contributed by atoms with E-state index in [-0.39, 0.29) is 0 Å². The van der Waals surface area contributed by atoms with E-state index < -0.39 is 7.26 Å². The largest absolute Gasteiger partial charge is 0.355 e. The fourth-order valence-electron chi connectivity index (χ4n) is 4.71. The summed E-state index contributed by atoms with van der Waals surface area (Å²) < 4.78 is 0. The van der Waals surface area contributed by atoms with Gasteiger partial charge in [0.05, 0.1) is 11.8 Å². The van der Waals surface area contributed by atoms with Crippen LogP contribution in [0.25, 0.3) is 10.9 Å². The normalized spacial score (nSPS) is 11.4. The summed E-state index contributed by atoms with van der Waals surface area (Å²) in [5.74, 6) is 0. The highest BCUT2D eigenvalue weighted by Gasteiger charge is 2.45. The summed E-state index contributed by atoms with van der Waals surface area (Å²) in [6, 6.07) is 44.0. The summed E-state index contributed by atoms with van der Waals surface area (Å²) in [6.45, 7) is 0. The molecule has 0 aliphatic rings. The number of aromatic nitrogens is 1. The van der Waals surface area contributed by atoms with Crippen molar-refractivity contribution >= 4 is 34.1 Å². The highest BCUT2D eigenvalue weighted by molar-refractivity contribution is 7.95. The van der Waals surface area contributed by atoms with Crippen molar-refractivity contribution in [1.82, 2.24) is 4.98 Å². The van der Waals surface area contributed by atoms with E-state index in [2.05, 4.69) is 126 Å². The molecular formula is C30H26N2P+. The third kappa shape index (κ3) is 4.21. The predicted octanol–water partition coefficient (Wildman–Crippen LogP) is 6.12. The molecule has 1 N–H and O–H groups in total. The molecule has 5 rings (SSSR count). The molecule has 0 bridgehead atoms. The minimum absolute atomic E-state index is 0.549. The Morgan fingerprint density at radius 3 is 1.73 bits per heavy atom. The van der Waals surface area contributed by atoms with E-state index >= 15 is 0 Å². The van der Waals surface area contributed by atoms with Crippen LogP contribution in [0.15, 0.2) is 115 Å². The van der Waals surface area contributed by atoms with Crippen molar-refractivity contribution < 1.29 is 0 Å². The van der Waals surface area contributed by atoms with Crippen molar-refractivity contribution in [1.29, 1.82) is 5.26 Å². The second kappa shape index (κ2) is 9.45. The molecule has 160 valence electrons. The van der Waals surface area contributed by atoms with E-state index in [4.69, 9.17) is 5.26 Å². The first-order valence-electron chi connectivity index (χ1n) is 11.3. The van der Waals surface area contributed by atoms with Gasteiger partial charge < -0.3 is 4.98 Å². The van der Waals surface area contributed by atoms with Crippen molar-refractivity contribution in [2.45, 2.75) is 19.0 Å². The number of nitrogens with zero attached hydrogens (tertiary/aromatic N) is 1. The standard InChI is InChI=1S/C30H26N2P/c31-20-10-11-24-18-19-30-25(21-24)22-26(32-30)23-33(27-12-4-1-5-13-27,28-14-6-2-7-15-28)29-16-8-3-9-17-29/h1-9,12-19,21-22,32H,10-11,23H2/q+1. The average molecular weight is 446 g/mol. The summed E-state index contributed by atoms with van der Waals surface area (Å²) in [5, 5.41) is 14.3. The highest BCUT2D eigenvalue weighted by Crippen LogP contribution is 2.58. The molecule has 1 aromatic heterocycles. The first-order valence-corrected chi connectivity index (χ1v) is 13.3. The second-order valence-electron chi connectivity index (χ2n) is 8.35. The van der Waals surface area contributed by atoms with Crippen LogP contribution in [0.4, 0.5) is 0 Å². The van der Waals surface area contributed by atoms with Crippen molar-refractivity contribution in [2.75, 3.05) is 0 Å².